The van der Waals surface area contributed by atoms with E-state index < -0.39 is 0 Å². The van der Waals surface area contributed by atoms with Crippen LogP contribution in [0.15, 0.2) is 48.9 Å². The Balaban J connectivity index is 2.02. The smallest absolute Gasteiger partial charge is 0.0762 e. The van der Waals surface area contributed by atoms with Gasteiger partial charge in [-0.1, -0.05) is 43.2 Å². The van der Waals surface area contributed by atoms with Crippen molar-refractivity contribution >= 4 is 0 Å². The Morgan fingerprint density at radius 2 is 1.79 bits per heavy atom. The Bertz CT molecular complexity index is 518. The van der Waals surface area contributed by atoms with E-state index in [1.807, 2.05) is 0 Å². The van der Waals surface area contributed by atoms with Crippen molar-refractivity contribution < 1.29 is 0 Å². The summed E-state index contributed by atoms with van der Waals surface area (Å²) in [6.07, 6.45) is 9.96. The predicted octanol–water partition coefficient (Wildman–Crippen LogP) is 2.99. The summed E-state index contributed by atoms with van der Waals surface area (Å²) in [6, 6.07) is 10.6. The number of hydrogen-bond acceptors (Lipinski definition) is 3. The van der Waals surface area contributed by atoms with E-state index in [-0.39, 0.29) is 11.5 Å². The van der Waals surface area contributed by atoms with Gasteiger partial charge in [-0.2, -0.15) is 0 Å². The number of nitrogens with two attached hydrogens (primary N) is 1. The maximum atomic E-state index is 6.56. The van der Waals surface area contributed by atoms with E-state index >= 15 is 0 Å². The monoisotopic (exact) mass is 253 g/mol. The second-order valence-electron chi connectivity index (χ2n) is 5.34. The first-order valence-electron chi connectivity index (χ1n) is 6.90. The Morgan fingerprint density at radius 1 is 1.05 bits per heavy atom. The molecule has 1 saturated carbocycles. The van der Waals surface area contributed by atoms with Gasteiger partial charge >= 0.3 is 0 Å². The van der Waals surface area contributed by atoms with E-state index in [2.05, 4.69) is 40.3 Å². The van der Waals surface area contributed by atoms with Gasteiger partial charge in [-0.05, 0) is 18.4 Å². The molecule has 1 aromatic heterocycles. The normalized spacial score (nSPS) is 19.2. The standard InChI is InChI=1S/C16H19N3/c17-15(14-12-18-10-11-19-14)16(8-4-5-9-16)13-6-2-1-3-7-13/h1-3,6-7,10-12,15H,4-5,8-9,17H2. The molecule has 3 rings (SSSR count). The van der Waals surface area contributed by atoms with Crippen LogP contribution in [-0.4, -0.2) is 9.97 Å². The second kappa shape index (κ2) is 5.10. The topological polar surface area (TPSA) is 51.8 Å². The minimum atomic E-state index is -0.0777. The number of hydrogen-bond donors (Lipinski definition) is 1. The second-order valence-corrected chi connectivity index (χ2v) is 5.34. The van der Waals surface area contributed by atoms with Gasteiger partial charge < -0.3 is 5.73 Å². The molecular formula is C16H19N3. The van der Waals surface area contributed by atoms with Crippen LogP contribution in [0.4, 0.5) is 0 Å². The van der Waals surface area contributed by atoms with E-state index in [0.717, 1.165) is 18.5 Å². The molecule has 1 unspecified atom stereocenters. The Morgan fingerprint density at radius 3 is 2.42 bits per heavy atom. The van der Waals surface area contributed by atoms with Gasteiger partial charge in [0.25, 0.3) is 0 Å². The molecule has 1 heterocycles. The van der Waals surface area contributed by atoms with E-state index in [1.54, 1.807) is 18.6 Å². The highest BCUT2D eigenvalue weighted by Gasteiger charge is 2.42. The highest BCUT2D eigenvalue weighted by molar-refractivity contribution is 5.31. The minimum Gasteiger partial charge on any atom is -0.322 e. The van der Waals surface area contributed by atoms with Crippen LogP contribution in [0, 0.1) is 0 Å². The minimum absolute atomic E-state index is 0.0251. The molecule has 3 nitrogen and oxygen atoms in total. The molecule has 3 heteroatoms. The Kier molecular flexibility index (Phi) is 3.30. The highest BCUT2D eigenvalue weighted by Crippen LogP contribution is 2.47. The zero-order chi connectivity index (χ0) is 13.1. The average molecular weight is 253 g/mol. The summed E-state index contributed by atoms with van der Waals surface area (Å²) in [5.41, 5.74) is 8.82. The molecule has 0 bridgehead atoms. The van der Waals surface area contributed by atoms with Crippen LogP contribution in [0.25, 0.3) is 0 Å². The van der Waals surface area contributed by atoms with Crippen molar-refractivity contribution in [2.45, 2.75) is 37.1 Å². The summed E-state index contributed by atoms with van der Waals surface area (Å²) < 4.78 is 0. The third-order valence-electron chi connectivity index (χ3n) is 4.34. The molecule has 2 aromatic rings. The lowest BCUT2D eigenvalue weighted by Gasteiger charge is -2.35. The quantitative estimate of drug-likeness (QED) is 0.914. The van der Waals surface area contributed by atoms with Gasteiger partial charge in [0.05, 0.1) is 11.7 Å². The van der Waals surface area contributed by atoms with Gasteiger partial charge in [-0.15, -0.1) is 0 Å². The SMILES string of the molecule is NC(c1cnccn1)C1(c2ccccc2)CCCC1. The van der Waals surface area contributed by atoms with Crippen molar-refractivity contribution in [1.82, 2.24) is 9.97 Å². The van der Waals surface area contributed by atoms with Crippen molar-refractivity contribution in [3.05, 3.63) is 60.2 Å². The highest BCUT2D eigenvalue weighted by atomic mass is 14.8. The molecule has 0 aliphatic heterocycles. The maximum Gasteiger partial charge on any atom is 0.0762 e. The van der Waals surface area contributed by atoms with Gasteiger partial charge in [0.2, 0.25) is 0 Å². The van der Waals surface area contributed by atoms with Crippen LogP contribution < -0.4 is 5.73 Å². The third-order valence-corrected chi connectivity index (χ3v) is 4.34. The van der Waals surface area contributed by atoms with Crippen LogP contribution >= 0.6 is 0 Å². The number of benzene rings is 1. The first-order valence-corrected chi connectivity index (χ1v) is 6.90. The van der Waals surface area contributed by atoms with Crippen molar-refractivity contribution in [3.8, 4) is 0 Å². The summed E-state index contributed by atoms with van der Waals surface area (Å²) in [4.78, 5) is 8.57. The number of rotatable bonds is 3. The van der Waals surface area contributed by atoms with Gasteiger partial charge in [0.15, 0.2) is 0 Å². The fraction of sp³-hybridized carbons (Fsp3) is 0.375. The molecule has 0 radical (unpaired) electrons. The van der Waals surface area contributed by atoms with Crippen molar-refractivity contribution in [2.75, 3.05) is 0 Å². The van der Waals surface area contributed by atoms with Gasteiger partial charge in [0.1, 0.15) is 0 Å². The molecule has 1 fully saturated rings. The molecule has 1 aliphatic carbocycles. The molecule has 2 N–H and O–H groups in total. The molecule has 98 valence electrons. The Hall–Kier alpha value is -1.74. The van der Waals surface area contributed by atoms with Crippen LogP contribution in [0.1, 0.15) is 43.0 Å². The van der Waals surface area contributed by atoms with Gasteiger partial charge in [-0.3, -0.25) is 9.97 Å². The fourth-order valence-corrected chi connectivity index (χ4v) is 3.31. The molecule has 1 aromatic carbocycles. The summed E-state index contributed by atoms with van der Waals surface area (Å²) in [5.74, 6) is 0. The molecule has 0 saturated heterocycles. The van der Waals surface area contributed by atoms with Gasteiger partial charge in [0, 0.05) is 24.0 Å². The van der Waals surface area contributed by atoms with E-state index in [1.165, 1.54) is 18.4 Å². The van der Waals surface area contributed by atoms with Crippen LogP contribution in [0.2, 0.25) is 0 Å². The lowest BCUT2D eigenvalue weighted by atomic mass is 9.72. The molecular weight excluding hydrogens is 234 g/mol. The molecule has 1 atom stereocenters. The maximum absolute atomic E-state index is 6.56. The van der Waals surface area contributed by atoms with E-state index in [4.69, 9.17) is 5.73 Å². The average Bonchev–Trinajstić information content (AvgIpc) is 2.99. The number of aromatic nitrogens is 2. The molecule has 19 heavy (non-hydrogen) atoms. The summed E-state index contributed by atoms with van der Waals surface area (Å²) in [6.45, 7) is 0. The van der Waals surface area contributed by atoms with E-state index in [0.29, 0.717) is 0 Å². The fourth-order valence-electron chi connectivity index (χ4n) is 3.31. The van der Waals surface area contributed by atoms with Gasteiger partial charge in [-0.25, -0.2) is 0 Å². The first-order chi connectivity index (χ1) is 9.33. The zero-order valence-corrected chi connectivity index (χ0v) is 11.0. The van der Waals surface area contributed by atoms with Crippen molar-refractivity contribution in [3.63, 3.8) is 0 Å². The number of nitrogens with zero attached hydrogens (tertiary/aromatic N) is 2. The first kappa shape index (κ1) is 12.3. The third kappa shape index (κ3) is 2.15. The predicted molar refractivity (Wildman–Crippen MR) is 75.5 cm³/mol. The van der Waals surface area contributed by atoms with Crippen LogP contribution in [0.3, 0.4) is 0 Å². The summed E-state index contributed by atoms with van der Waals surface area (Å²) in [5, 5.41) is 0. The largest absolute Gasteiger partial charge is 0.322 e. The van der Waals surface area contributed by atoms with Crippen molar-refractivity contribution in [1.29, 1.82) is 0 Å². The lowest BCUT2D eigenvalue weighted by molar-refractivity contribution is 0.350. The van der Waals surface area contributed by atoms with Crippen molar-refractivity contribution in [2.24, 2.45) is 5.73 Å². The Labute approximate surface area is 113 Å². The molecule has 0 spiro atoms. The molecule has 1 aliphatic rings. The van der Waals surface area contributed by atoms with Crippen LogP contribution in [-0.2, 0) is 5.41 Å². The lowest BCUT2D eigenvalue weighted by Crippen LogP contribution is -2.37. The molecule has 0 amide bonds. The van der Waals surface area contributed by atoms with E-state index in [9.17, 15) is 0 Å². The zero-order valence-electron chi connectivity index (χ0n) is 11.0. The van der Waals surface area contributed by atoms with Crippen LogP contribution in [0.5, 0.6) is 0 Å². The summed E-state index contributed by atoms with van der Waals surface area (Å²) in [7, 11) is 0. The summed E-state index contributed by atoms with van der Waals surface area (Å²) >= 11 is 0.